The van der Waals surface area contributed by atoms with E-state index in [-0.39, 0.29) is 41.9 Å². The van der Waals surface area contributed by atoms with Crippen molar-refractivity contribution >= 4 is 12.3 Å². The molecule has 1 aromatic rings. The zero-order valence-corrected chi connectivity index (χ0v) is 22.2. The maximum absolute atomic E-state index is 12.9. The number of carbonyl (C=O) groups is 2. The molecule has 0 saturated heterocycles. The third kappa shape index (κ3) is 4.03. The fourth-order valence-corrected chi connectivity index (χ4v) is 9.10. The van der Waals surface area contributed by atoms with Crippen LogP contribution in [0.5, 0.6) is 0 Å². The summed E-state index contributed by atoms with van der Waals surface area (Å²) in [7, 11) is 0. The molecular weight excluding hydrogens is 472 g/mol. The van der Waals surface area contributed by atoms with Crippen molar-refractivity contribution < 1.29 is 29.0 Å². The SMILES string of the molecule is CCCCCC(=O)OC1CCC2(C=O)C3CCC4(C)C(c5ccc(=O)oc5)CCC4(O)C3CCC2(O)C1. The van der Waals surface area contributed by atoms with Crippen LogP contribution in [0.1, 0.15) is 109 Å². The molecule has 1 heterocycles. The van der Waals surface area contributed by atoms with Crippen LogP contribution in [-0.2, 0) is 14.3 Å². The van der Waals surface area contributed by atoms with Gasteiger partial charge in [-0.25, -0.2) is 4.79 Å². The van der Waals surface area contributed by atoms with Crippen LogP contribution in [0.15, 0.2) is 27.6 Å². The predicted molar refractivity (Wildman–Crippen MR) is 137 cm³/mol. The highest BCUT2D eigenvalue weighted by atomic mass is 16.5. The third-order valence-electron chi connectivity index (χ3n) is 11.1. The van der Waals surface area contributed by atoms with Crippen molar-refractivity contribution in [1.82, 2.24) is 0 Å². The molecule has 4 aliphatic rings. The second kappa shape index (κ2) is 9.64. The normalized spacial score (nSPS) is 42.8. The quantitative estimate of drug-likeness (QED) is 0.309. The van der Waals surface area contributed by atoms with Crippen molar-refractivity contribution in [2.45, 2.75) is 121 Å². The summed E-state index contributed by atoms with van der Waals surface area (Å²) in [6.07, 6.45) is 10.6. The standard InChI is InChI=1S/C30H42O7/c1-3-4-5-6-26(33)37-21-9-14-28(19-31)23-10-13-27(2)22(20-7-8-25(32)36-18-20)12-16-30(27,35)24(23)11-15-29(28,34)17-21/h7-8,18-19,21-24,34-35H,3-6,9-17H2,1-2H3. The minimum Gasteiger partial charge on any atom is -0.462 e. The van der Waals surface area contributed by atoms with E-state index in [1.54, 1.807) is 0 Å². The summed E-state index contributed by atoms with van der Waals surface area (Å²) < 4.78 is 10.9. The average molecular weight is 515 g/mol. The zero-order valence-electron chi connectivity index (χ0n) is 22.2. The van der Waals surface area contributed by atoms with Gasteiger partial charge in [0.25, 0.3) is 0 Å². The van der Waals surface area contributed by atoms with Crippen molar-refractivity contribution in [1.29, 1.82) is 0 Å². The Balaban J connectivity index is 1.37. The molecular formula is C30H42O7. The Hall–Kier alpha value is -1.99. The maximum atomic E-state index is 12.9. The fraction of sp³-hybridized carbons (Fsp3) is 0.767. The monoisotopic (exact) mass is 514 g/mol. The van der Waals surface area contributed by atoms with E-state index in [0.717, 1.165) is 50.4 Å². The number of carbonyl (C=O) groups excluding carboxylic acids is 2. The molecule has 0 radical (unpaired) electrons. The molecule has 4 aliphatic carbocycles. The fourth-order valence-electron chi connectivity index (χ4n) is 9.10. The van der Waals surface area contributed by atoms with Gasteiger partial charge in [-0.05, 0) is 87.2 Å². The molecule has 8 atom stereocenters. The minimum absolute atomic E-state index is 0.0682. The lowest BCUT2D eigenvalue weighted by atomic mass is 9.41. The number of aldehydes is 1. The minimum atomic E-state index is -1.23. The molecule has 5 rings (SSSR count). The molecule has 0 amide bonds. The van der Waals surface area contributed by atoms with Crippen molar-refractivity contribution in [3.63, 3.8) is 0 Å². The number of aliphatic hydroxyl groups is 2. The van der Waals surface area contributed by atoms with Crippen molar-refractivity contribution in [2.24, 2.45) is 22.7 Å². The Morgan fingerprint density at radius 3 is 2.57 bits per heavy atom. The maximum Gasteiger partial charge on any atom is 0.335 e. The number of hydrogen-bond donors (Lipinski definition) is 2. The number of rotatable bonds is 7. The number of hydrogen-bond acceptors (Lipinski definition) is 7. The summed E-state index contributed by atoms with van der Waals surface area (Å²) in [5.74, 6) is -0.356. The second-order valence-electron chi connectivity index (χ2n) is 12.6. The summed E-state index contributed by atoms with van der Waals surface area (Å²) in [4.78, 5) is 36.8. The summed E-state index contributed by atoms with van der Waals surface area (Å²) in [5, 5.41) is 24.3. The lowest BCUT2D eigenvalue weighted by Crippen LogP contribution is -2.68. The number of unbranched alkanes of at least 4 members (excludes halogenated alkanes) is 2. The molecule has 204 valence electrons. The zero-order chi connectivity index (χ0) is 26.5. The van der Waals surface area contributed by atoms with Gasteiger partial charge in [0, 0.05) is 24.3 Å². The van der Waals surface area contributed by atoms with E-state index in [9.17, 15) is 24.6 Å². The lowest BCUT2D eigenvalue weighted by Gasteiger charge is -2.65. The number of esters is 1. The Labute approximate surface area is 219 Å². The Morgan fingerprint density at radius 2 is 1.86 bits per heavy atom. The number of fused-ring (bicyclic) bond motifs is 5. The summed E-state index contributed by atoms with van der Waals surface area (Å²) >= 11 is 0. The van der Waals surface area contributed by atoms with E-state index >= 15 is 0 Å². The van der Waals surface area contributed by atoms with Gasteiger partial charge in [-0.2, -0.15) is 0 Å². The highest BCUT2D eigenvalue weighted by Crippen LogP contribution is 2.71. The lowest BCUT2D eigenvalue weighted by molar-refractivity contribution is -0.248. The largest absolute Gasteiger partial charge is 0.462 e. The Morgan fingerprint density at radius 1 is 1.08 bits per heavy atom. The third-order valence-corrected chi connectivity index (χ3v) is 11.1. The van der Waals surface area contributed by atoms with Gasteiger partial charge in [-0.1, -0.05) is 26.7 Å². The molecule has 0 spiro atoms. The van der Waals surface area contributed by atoms with E-state index in [4.69, 9.17) is 9.15 Å². The molecule has 0 aromatic carbocycles. The molecule has 7 heteroatoms. The van der Waals surface area contributed by atoms with Gasteiger partial charge in [0.15, 0.2) is 0 Å². The average Bonchev–Trinajstić information content (AvgIpc) is 3.15. The molecule has 4 fully saturated rings. The van der Waals surface area contributed by atoms with Crippen LogP contribution >= 0.6 is 0 Å². The van der Waals surface area contributed by atoms with Crippen LogP contribution in [0.2, 0.25) is 0 Å². The van der Waals surface area contributed by atoms with Gasteiger partial charge >= 0.3 is 11.6 Å². The van der Waals surface area contributed by atoms with Gasteiger partial charge in [-0.15, -0.1) is 0 Å². The van der Waals surface area contributed by atoms with Crippen molar-refractivity contribution in [3.8, 4) is 0 Å². The molecule has 0 bridgehead atoms. The molecule has 8 unspecified atom stereocenters. The smallest absolute Gasteiger partial charge is 0.335 e. The molecule has 7 nitrogen and oxygen atoms in total. The van der Waals surface area contributed by atoms with Gasteiger partial charge in [0.2, 0.25) is 0 Å². The number of ether oxygens (including phenoxy) is 1. The van der Waals surface area contributed by atoms with E-state index in [2.05, 4.69) is 13.8 Å². The van der Waals surface area contributed by atoms with Gasteiger partial charge < -0.3 is 24.2 Å². The van der Waals surface area contributed by atoms with Crippen molar-refractivity contribution in [3.05, 3.63) is 34.4 Å². The van der Waals surface area contributed by atoms with Gasteiger partial charge in [0.05, 0.1) is 22.9 Å². The molecule has 1 aromatic heterocycles. The highest BCUT2D eigenvalue weighted by Gasteiger charge is 2.71. The first-order valence-corrected chi connectivity index (χ1v) is 14.3. The first-order valence-electron chi connectivity index (χ1n) is 14.3. The van der Waals surface area contributed by atoms with Gasteiger partial charge in [-0.3, -0.25) is 4.79 Å². The Bertz CT molecular complexity index is 1060. The summed E-state index contributed by atoms with van der Waals surface area (Å²) in [6, 6.07) is 3.26. The molecule has 0 aliphatic heterocycles. The van der Waals surface area contributed by atoms with Crippen LogP contribution < -0.4 is 5.63 Å². The predicted octanol–water partition coefficient (Wildman–Crippen LogP) is 4.67. The summed E-state index contributed by atoms with van der Waals surface area (Å²) in [5.41, 5.74) is -2.97. The van der Waals surface area contributed by atoms with E-state index in [1.807, 2.05) is 6.07 Å². The summed E-state index contributed by atoms with van der Waals surface area (Å²) in [6.45, 7) is 4.24. The van der Waals surface area contributed by atoms with E-state index in [0.29, 0.717) is 38.5 Å². The van der Waals surface area contributed by atoms with E-state index < -0.39 is 22.0 Å². The van der Waals surface area contributed by atoms with E-state index in [1.165, 1.54) is 12.3 Å². The second-order valence-corrected chi connectivity index (χ2v) is 12.6. The highest BCUT2D eigenvalue weighted by molar-refractivity contribution is 5.69. The van der Waals surface area contributed by atoms with Crippen LogP contribution in [0.4, 0.5) is 0 Å². The Kier molecular flexibility index (Phi) is 6.93. The molecule has 4 saturated carbocycles. The van der Waals surface area contributed by atoms with Crippen LogP contribution in [-0.4, -0.2) is 39.8 Å². The van der Waals surface area contributed by atoms with Crippen LogP contribution in [0.3, 0.4) is 0 Å². The topological polar surface area (TPSA) is 114 Å². The van der Waals surface area contributed by atoms with Crippen LogP contribution in [0, 0.1) is 22.7 Å². The first-order chi connectivity index (χ1) is 17.6. The van der Waals surface area contributed by atoms with Gasteiger partial charge in [0.1, 0.15) is 12.4 Å². The van der Waals surface area contributed by atoms with Crippen LogP contribution in [0.25, 0.3) is 0 Å². The molecule has 2 N–H and O–H groups in total. The molecule has 37 heavy (non-hydrogen) atoms. The first kappa shape index (κ1) is 26.6. The van der Waals surface area contributed by atoms with Crippen molar-refractivity contribution in [2.75, 3.05) is 0 Å².